The number of carbonyl (C=O) groups excluding carboxylic acids is 1. The summed E-state index contributed by atoms with van der Waals surface area (Å²) in [7, 11) is 3.69. The van der Waals surface area contributed by atoms with Crippen LogP contribution in [0.2, 0.25) is 0 Å². The van der Waals surface area contributed by atoms with Crippen LogP contribution in [0.3, 0.4) is 0 Å². The number of carbonyl (C=O) groups is 1. The Kier molecular flexibility index (Phi) is 4.52. The summed E-state index contributed by atoms with van der Waals surface area (Å²) in [5, 5.41) is 0. The number of ether oxygens (including phenoxy) is 1. The van der Waals surface area contributed by atoms with Crippen LogP contribution in [0.5, 0.6) is 0 Å². The second-order valence-electron chi connectivity index (χ2n) is 4.81. The van der Waals surface area contributed by atoms with Crippen molar-refractivity contribution in [2.75, 3.05) is 25.6 Å². The smallest absolute Gasteiger partial charge is 0.343 e. The van der Waals surface area contributed by atoms with Crippen molar-refractivity contribution in [1.82, 2.24) is 9.97 Å². The average Bonchev–Trinajstić information content (AvgIpc) is 2.47. The van der Waals surface area contributed by atoms with Crippen LogP contribution in [-0.4, -0.2) is 36.6 Å². The van der Waals surface area contributed by atoms with Crippen molar-refractivity contribution in [3.8, 4) is 11.4 Å². The molecule has 0 unspecified atom stereocenters. The van der Waals surface area contributed by atoms with Crippen LogP contribution < -0.4 is 4.90 Å². The maximum absolute atomic E-state index is 12.1. The first-order chi connectivity index (χ1) is 10.0. The summed E-state index contributed by atoms with van der Waals surface area (Å²) in [5.74, 6) is 0.781. The molecule has 0 saturated heterocycles. The number of hydrogen-bond donors (Lipinski definition) is 0. The molecule has 2 rings (SSSR count). The van der Waals surface area contributed by atoms with E-state index >= 15 is 0 Å². The van der Waals surface area contributed by atoms with E-state index in [1.54, 1.807) is 18.7 Å². The van der Waals surface area contributed by atoms with Gasteiger partial charge in [-0.2, -0.15) is 0 Å². The number of nitrogens with zero attached hydrogens (tertiary/aromatic N) is 3. The molecule has 0 radical (unpaired) electrons. The molecule has 0 aliphatic rings. The lowest BCUT2D eigenvalue weighted by atomic mass is 10.1. The summed E-state index contributed by atoms with van der Waals surface area (Å²) in [6.45, 7) is 3.90. The van der Waals surface area contributed by atoms with E-state index in [1.165, 1.54) is 0 Å². The van der Waals surface area contributed by atoms with Crippen molar-refractivity contribution >= 4 is 11.8 Å². The highest BCUT2D eigenvalue weighted by atomic mass is 16.5. The Morgan fingerprint density at radius 1 is 1.19 bits per heavy atom. The lowest BCUT2D eigenvalue weighted by molar-refractivity contribution is 0.0525. The van der Waals surface area contributed by atoms with Gasteiger partial charge < -0.3 is 9.64 Å². The lowest BCUT2D eigenvalue weighted by Crippen LogP contribution is -2.20. The molecule has 0 bridgehead atoms. The Balaban J connectivity index is 2.57. The summed E-state index contributed by atoms with van der Waals surface area (Å²) in [6.07, 6.45) is 0. The van der Waals surface area contributed by atoms with Crippen LogP contribution in [0.1, 0.15) is 23.0 Å². The molecule has 21 heavy (non-hydrogen) atoms. The molecule has 0 saturated carbocycles. The molecule has 5 nitrogen and oxygen atoms in total. The predicted octanol–water partition coefficient (Wildman–Crippen LogP) is 2.69. The number of esters is 1. The zero-order valence-corrected chi connectivity index (χ0v) is 12.8. The summed E-state index contributed by atoms with van der Waals surface area (Å²) in [5.41, 5.74) is 1.95. The average molecular weight is 285 g/mol. The molecule has 0 aliphatic heterocycles. The van der Waals surface area contributed by atoms with Crippen molar-refractivity contribution in [2.24, 2.45) is 0 Å². The first-order valence-electron chi connectivity index (χ1n) is 6.83. The monoisotopic (exact) mass is 285 g/mol. The second-order valence-corrected chi connectivity index (χ2v) is 4.81. The SMILES string of the molecule is CCOC(=O)c1c(C)nc(-c2ccccc2)nc1N(C)C. The molecule has 0 N–H and O–H groups in total. The normalized spacial score (nSPS) is 10.3. The molecule has 0 spiro atoms. The maximum Gasteiger partial charge on any atom is 0.343 e. The van der Waals surface area contributed by atoms with Gasteiger partial charge in [-0.1, -0.05) is 30.3 Å². The van der Waals surface area contributed by atoms with Crippen LogP contribution in [0.25, 0.3) is 11.4 Å². The fourth-order valence-electron chi connectivity index (χ4n) is 2.04. The van der Waals surface area contributed by atoms with Gasteiger partial charge in [-0.05, 0) is 13.8 Å². The number of benzene rings is 1. The standard InChI is InChI=1S/C16H19N3O2/c1-5-21-16(20)13-11(2)17-14(18-15(13)19(3)4)12-9-7-6-8-10-12/h6-10H,5H2,1-4H3. The van der Waals surface area contributed by atoms with E-state index in [0.717, 1.165) is 5.56 Å². The van der Waals surface area contributed by atoms with E-state index in [0.29, 0.717) is 29.5 Å². The highest BCUT2D eigenvalue weighted by Crippen LogP contribution is 2.24. The van der Waals surface area contributed by atoms with E-state index in [-0.39, 0.29) is 0 Å². The second kappa shape index (κ2) is 6.35. The van der Waals surface area contributed by atoms with Gasteiger partial charge in [0.15, 0.2) is 5.82 Å². The van der Waals surface area contributed by atoms with Gasteiger partial charge in [0, 0.05) is 19.7 Å². The third kappa shape index (κ3) is 3.18. The van der Waals surface area contributed by atoms with Crippen molar-refractivity contribution in [3.05, 3.63) is 41.6 Å². The highest BCUT2D eigenvalue weighted by Gasteiger charge is 2.21. The first-order valence-corrected chi connectivity index (χ1v) is 6.83. The van der Waals surface area contributed by atoms with Crippen LogP contribution in [-0.2, 0) is 4.74 Å². The predicted molar refractivity (Wildman–Crippen MR) is 82.5 cm³/mol. The number of aromatic nitrogens is 2. The third-order valence-corrected chi connectivity index (χ3v) is 3.01. The van der Waals surface area contributed by atoms with Gasteiger partial charge in [0.25, 0.3) is 0 Å². The Morgan fingerprint density at radius 2 is 1.86 bits per heavy atom. The Labute approximate surface area is 124 Å². The Hall–Kier alpha value is -2.43. The summed E-state index contributed by atoms with van der Waals surface area (Å²) < 4.78 is 5.10. The molecule has 1 aromatic carbocycles. The molecule has 1 aromatic heterocycles. The number of anilines is 1. The van der Waals surface area contributed by atoms with Crippen molar-refractivity contribution in [1.29, 1.82) is 0 Å². The number of hydrogen-bond acceptors (Lipinski definition) is 5. The van der Waals surface area contributed by atoms with Crippen molar-refractivity contribution < 1.29 is 9.53 Å². The quantitative estimate of drug-likeness (QED) is 0.808. The largest absolute Gasteiger partial charge is 0.462 e. The van der Waals surface area contributed by atoms with Gasteiger partial charge in [0.05, 0.1) is 12.3 Å². The Bertz CT molecular complexity index is 639. The molecule has 5 heteroatoms. The Morgan fingerprint density at radius 3 is 2.43 bits per heavy atom. The minimum absolute atomic E-state index is 0.325. The lowest BCUT2D eigenvalue weighted by Gasteiger charge is -2.18. The van der Waals surface area contributed by atoms with Crippen molar-refractivity contribution in [3.63, 3.8) is 0 Å². The van der Waals surface area contributed by atoms with Gasteiger partial charge in [-0.15, -0.1) is 0 Å². The van der Waals surface area contributed by atoms with Gasteiger partial charge in [-0.3, -0.25) is 0 Å². The van der Waals surface area contributed by atoms with Gasteiger partial charge >= 0.3 is 5.97 Å². The summed E-state index contributed by atoms with van der Waals surface area (Å²) >= 11 is 0. The molecule has 0 fully saturated rings. The van der Waals surface area contributed by atoms with E-state index in [4.69, 9.17) is 4.74 Å². The van der Waals surface area contributed by atoms with E-state index in [9.17, 15) is 4.79 Å². The minimum Gasteiger partial charge on any atom is -0.462 e. The van der Waals surface area contributed by atoms with E-state index in [2.05, 4.69) is 9.97 Å². The van der Waals surface area contributed by atoms with Gasteiger partial charge in [0.1, 0.15) is 11.4 Å². The zero-order chi connectivity index (χ0) is 15.4. The molecular weight excluding hydrogens is 266 g/mol. The minimum atomic E-state index is -0.390. The molecule has 0 atom stereocenters. The molecule has 2 aromatic rings. The topological polar surface area (TPSA) is 55.3 Å². The number of aryl methyl sites for hydroxylation is 1. The molecule has 0 amide bonds. The fourth-order valence-corrected chi connectivity index (χ4v) is 2.04. The van der Waals surface area contributed by atoms with Gasteiger partial charge in [0.2, 0.25) is 0 Å². The third-order valence-electron chi connectivity index (χ3n) is 3.01. The summed E-state index contributed by atoms with van der Waals surface area (Å²) in [4.78, 5) is 22.9. The van der Waals surface area contributed by atoms with Crippen molar-refractivity contribution in [2.45, 2.75) is 13.8 Å². The maximum atomic E-state index is 12.1. The fraction of sp³-hybridized carbons (Fsp3) is 0.312. The molecule has 1 heterocycles. The van der Waals surface area contributed by atoms with E-state index < -0.39 is 5.97 Å². The zero-order valence-electron chi connectivity index (χ0n) is 12.8. The number of rotatable bonds is 4. The molecule has 0 aliphatic carbocycles. The van der Waals surface area contributed by atoms with Crippen LogP contribution in [0, 0.1) is 6.92 Å². The molecular formula is C16H19N3O2. The highest BCUT2D eigenvalue weighted by molar-refractivity contribution is 5.96. The van der Waals surface area contributed by atoms with E-state index in [1.807, 2.05) is 44.4 Å². The molecule has 110 valence electrons. The first kappa shape index (κ1) is 15.0. The van der Waals surface area contributed by atoms with Gasteiger partial charge in [-0.25, -0.2) is 14.8 Å². The van der Waals surface area contributed by atoms with Crippen LogP contribution in [0.4, 0.5) is 5.82 Å². The summed E-state index contributed by atoms with van der Waals surface area (Å²) in [6, 6.07) is 9.69. The van der Waals surface area contributed by atoms with Crippen LogP contribution in [0.15, 0.2) is 30.3 Å². The van der Waals surface area contributed by atoms with Crippen LogP contribution >= 0.6 is 0 Å².